The fraction of sp³-hybridized carbons (Fsp3) is 0.385. The van der Waals surface area contributed by atoms with Gasteiger partial charge in [-0.1, -0.05) is 15.9 Å². The molecule has 0 saturated carbocycles. The number of carbonyl (C=O) groups is 2. The summed E-state index contributed by atoms with van der Waals surface area (Å²) < 4.78 is 0.957. The van der Waals surface area contributed by atoms with E-state index in [2.05, 4.69) is 15.9 Å². The van der Waals surface area contributed by atoms with E-state index in [-0.39, 0.29) is 11.8 Å². The van der Waals surface area contributed by atoms with Crippen molar-refractivity contribution >= 4 is 28.1 Å². The summed E-state index contributed by atoms with van der Waals surface area (Å²) in [4.78, 5) is 24.7. The summed E-state index contributed by atoms with van der Waals surface area (Å²) in [5.74, 6) is 0.0206. The third-order valence-corrected chi connectivity index (χ3v) is 3.56. The predicted molar refractivity (Wildman–Crippen MR) is 68.8 cm³/mol. The average Bonchev–Trinajstić information content (AvgIpc) is 2.39. The Morgan fingerprint density at radius 1 is 1.35 bits per heavy atom. The van der Waals surface area contributed by atoms with Gasteiger partial charge in [0.05, 0.1) is 0 Å². The van der Waals surface area contributed by atoms with Gasteiger partial charge in [0.25, 0.3) is 5.91 Å². The quantitative estimate of drug-likeness (QED) is 0.786. The molecule has 0 aliphatic carbocycles. The van der Waals surface area contributed by atoms with Gasteiger partial charge in [0.1, 0.15) is 6.29 Å². The molecular weight excluding hydrogens is 282 g/mol. The Labute approximate surface area is 109 Å². The van der Waals surface area contributed by atoms with Crippen LogP contribution in [-0.2, 0) is 4.79 Å². The first-order chi connectivity index (χ1) is 8.20. The van der Waals surface area contributed by atoms with Crippen LogP contribution in [0.15, 0.2) is 28.7 Å². The lowest BCUT2D eigenvalue weighted by Crippen LogP contribution is -2.40. The largest absolute Gasteiger partial charge is 0.338 e. The molecule has 17 heavy (non-hydrogen) atoms. The smallest absolute Gasteiger partial charge is 0.253 e. The lowest BCUT2D eigenvalue weighted by Gasteiger charge is -2.30. The molecule has 1 aliphatic rings. The Kier molecular flexibility index (Phi) is 3.94. The predicted octanol–water partition coefficient (Wildman–Crippen LogP) is 2.50. The second kappa shape index (κ2) is 5.45. The first-order valence-corrected chi connectivity index (χ1v) is 6.50. The number of hydrogen-bond acceptors (Lipinski definition) is 2. The molecule has 90 valence electrons. The van der Waals surface area contributed by atoms with Crippen molar-refractivity contribution < 1.29 is 9.59 Å². The van der Waals surface area contributed by atoms with Crippen LogP contribution in [0.5, 0.6) is 0 Å². The van der Waals surface area contributed by atoms with E-state index in [1.54, 1.807) is 17.0 Å². The normalized spacial score (nSPS) is 20.1. The summed E-state index contributed by atoms with van der Waals surface area (Å²) in [6.07, 6.45) is 2.76. The minimum absolute atomic E-state index is 0.00292. The third-order valence-electron chi connectivity index (χ3n) is 3.03. The number of benzene rings is 1. The van der Waals surface area contributed by atoms with Gasteiger partial charge in [0.2, 0.25) is 0 Å². The minimum Gasteiger partial charge on any atom is -0.338 e. The Morgan fingerprint density at radius 3 is 2.71 bits per heavy atom. The van der Waals surface area contributed by atoms with E-state index >= 15 is 0 Å². The topological polar surface area (TPSA) is 37.4 Å². The average molecular weight is 296 g/mol. The number of carbonyl (C=O) groups excluding carboxylic acids is 2. The van der Waals surface area contributed by atoms with E-state index in [1.165, 1.54) is 0 Å². The number of nitrogens with zero attached hydrogens (tertiary/aromatic N) is 1. The fourth-order valence-corrected chi connectivity index (χ4v) is 2.34. The first kappa shape index (κ1) is 12.3. The summed E-state index contributed by atoms with van der Waals surface area (Å²) in [5, 5.41) is 0. The van der Waals surface area contributed by atoms with Crippen molar-refractivity contribution in [3.05, 3.63) is 34.3 Å². The first-order valence-electron chi connectivity index (χ1n) is 5.71. The van der Waals surface area contributed by atoms with Crippen molar-refractivity contribution in [2.24, 2.45) is 5.92 Å². The van der Waals surface area contributed by atoms with Gasteiger partial charge >= 0.3 is 0 Å². The van der Waals surface area contributed by atoms with Gasteiger partial charge in [-0.05, 0) is 37.1 Å². The SMILES string of the molecule is O=CC1CCCN(C(=O)c2ccc(Br)cc2)C1. The number of aldehydes is 1. The molecule has 1 saturated heterocycles. The van der Waals surface area contributed by atoms with Gasteiger partial charge < -0.3 is 9.69 Å². The van der Waals surface area contributed by atoms with Gasteiger partial charge in [-0.15, -0.1) is 0 Å². The molecule has 1 heterocycles. The van der Waals surface area contributed by atoms with Crippen LogP contribution >= 0.6 is 15.9 Å². The molecule has 0 aromatic heterocycles. The monoisotopic (exact) mass is 295 g/mol. The summed E-state index contributed by atoms with van der Waals surface area (Å²) >= 11 is 3.34. The number of rotatable bonds is 2. The zero-order valence-electron chi connectivity index (χ0n) is 9.43. The molecule has 1 amide bonds. The van der Waals surface area contributed by atoms with Crippen LogP contribution < -0.4 is 0 Å². The zero-order chi connectivity index (χ0) is 12.3. The van der Waals surface area contributed by atoms with Crippen molar-refractivity contribution in [1.82, 2.24) is 4.90 Å². The molecule has 1 aromatic rings. The Hall–Kier alpha value is -1.16. The van der Waals surface area contributed by atoms with Crippen molar-refractivity contribution in [1.29, 1.82) is 0 Å². The van der Waals surface area contributed by atoms with Gasteiger partial charge in [-0.3, -0.25) is 4.79 Å². The van der Waals surface area contributed by atoms with Crippen LogP contribution in [0.1, 0.15) is 23.2 Å². The van der Waals surface area contributed by atoms with E-state index in [0.717, 1.165) is 30.1 Å². The van der Waals surface area contributed by atoms with E-state index in [1.807, 2.05) is 12.1 Å². The molecule has 0 radical (unpaired) electrons. The minimum atomic E-state index is 0.00292. The van der Waals surface area contributed by atoms with Crippen LogP contribution in [0.3, 0.4) is 0 Å². The van der Waals surface area contributed by atoms with Crippen molar-refractivity contribution in [2.45, 2.75) is 12.8 Å². The van der Waals surface area contributed by atoms with Crippen LogP contribution in [0.25, 0.3) is 0 Å². The highest BCUT2D eigenvalue weighted by atomic mass is 79.9. The molecule has 0 N–H and O–H groups in total. The summed E-state index contributed by atoms with van der Waals surface area (Å²) in [7, 11) is 0. The van der Waals surface area contributed by atoms with Crippen molar-refractivity contribution in [3.63, 3.8) is 0 Å². The highest BCUT2D eigenvalue weighted by molar-refractivity contribution is 9.10. The number of likely N-dealkylation sites (tertiary alicyclic amines) is 1. The second-order valence-corrected chi connectivity index (χ2v) is 5.21. The standard InChI is InChI=1S/C13H14BrNO2/c14-12-5-3-11(4-6-12)13(17)15-7-1-2-10(8-15)9-16/h3-6,9-10H,1-2,7-8H2. The zero-order valence-corrected chi connectivity index (χ0v) is 11.0. The summed E-state index contributed by atoms with van der Waals surface area (Å²) in [5.41, 5.74) is 0.680. The molecule has 4 heteroatoms. The van der Waals surface area contributed by atoms with Crippen molar-refractivity contribution in [2.75, 3.05) is 13.1 Å². The van der Waals surface area contributed by atoms with Gasteiger partial charge in [-0.2, -0.15) is 0 Å². The molecule has 1 aliphatic heterocycles. The molecule has 3 nitrogen and oxygen atoms in total. The maximum Gasteiger partial charge on any atom is 0.253 e. The molecule has 0 bridgehead atoms. The highest BCUT2D eigenvalue weighted by Gasteiger charge is 2.23. The lowest BCUT2D eigenvalue weighted by atomic mass is 9.99. The lowest BCUT2D eigenvalue weighted by molar-refractivity contribution is -0.112. The molecule has 1 unspecified atom stereocenters. The molecule has 2 rings (SSSR count). The van der Waals surface area contributed by atoms with Gasteiger partial charge in [0, 0.05) is 29.0 Å². The van der Waals surface area contributed by atoms with Crippen LogP contribution in [-0.4, -0.2) is 30.2 Å². The van der Waals surface area contributed by atoms with Gasteiger partial charge in [-0.25, -0.2) is 0 Å². The Bertz CT molecular complexity index is 416. The van der Waals surface area contributed by atoms with E-state index in [9.17, 15) is 9.59 Å². The third kappa shape index (κ3) is 2.94. The van der Waals surface area contributed by atoms with E-state index in [4.69, 9.17) is 0 Å². The van der Waals surface area contributed by atoms with E-state index < -0.39 is 0 Å². The van der Waals surface area contributed by atoms with Crippen LogP contribution in [0.2, 0.25) is 0 Å². The molecular formula is C13H14BrNO2. The molecule has 1 fully saturated rings. The molecule has 0 spiro atoms. The maximum absolute atomic E-state index is 12.2. The molecule has 1 atom stereocenters. The Balaban J connectivity index is 2.09. The number of amides is 1. The fourth-order valence-electron chi connectivity index (χ4n) is 2.08. The summed E-state index contributed by atoms with van der Waals surface area (Å²) in [6, 6.07) is 7.32. The highest BCUT2D eigenvalue weighted by Crippen LogP contribution is 2.18. The van der Waals surface area contributed by atoms with Crippen molar-refractivity contribution in [3.8, 4) is 0 Å². The van der Waals surface area contributed by atoms with Crippen LogP contribution in [0, 0.1) is 5.92 Å². The second-order valence-electron chi connectivity index (χ2n) is 4.30. The van der Waals surface area contributed by atoms with Gasteiger partial charge in [0.15, 0.2) is 0 Å². The summed E-state index contributed by atoms with van der Waals surface area (Å²) in [6.45, 7) is 1.30. The van der Waals surface area contributed by atoms with E-state index in [0.29, 0.717) is 12.1 Å². The molecule has 1 aromatic carbocycles. The van der Waals surface area contributed by atoms with Crippen LogP contribution in [0.4, 0.5) is 0 Å². The maximum atomic E-state index is 12.2. The number of halogens is 1. The Morgan fingerprint density at radius 2 is 2.06 bits per heavy atom. The number of hydrogen-bond donors (Lipinski definition) is 0. The number of piperidine rings is 1.